The van der Waals surface area contributed by atoms with Crippen molar-refractivity contribution in [2.45, 2.75) is 104 Å². The van der Waals surface area contributed by atoms with E-state index in [0.29, 0.717) is 38.1 Å². The summed E-state index contributed by atoms with van der Waals surface area (Å²) in [6.45, 7) is 14.4. The van der Waals surface area contributed by atoms with Gasteiger partial charge in [-0.15, -0.1) is 0 Å². The zero-order valence-corrected chi connectivity index (χ0v) is 40.5. The maximum Gasteiger partial charge on any atom is 0.224 e. The normalized spacial score (nSPS) is 21.9. The number of aromatic nitrogens is 8. The lowest BCUT2D eigenvalue weighted by Gasteiger charge is -2.46. The zero-order valence-electron chi connectivity index (χ0n) is 40.5. The molecule has 2 aliphatic carbocycles. The number of carbonyl (C=O) groups is 2. The van der Waals surface area contributed by atoms with Gasteiger partial charge in [-0.1, -0.05) is 26.0 Å². The van der Waals surface area contributed by atoms with Crippen LogP contribution in [0.5, 0.6) is 0 Å². The first-order valence-corrected chi connectivity index (χ1v) is 23.9. The van der Waals surface area contributed by atoms with Gasteiger partial charge in [0.25, 0.3) is 0 Å². The minimum Gasteiger partial charge on any atom is -0.383 e. The van der Waals surface area contributed by atoms with E-state index in [2.05, 4.69) is 91.0 Å². The molecule has 0 radical (unpaired) electrons. The third kappa shape index (κ3) is 9.88. The summed E-state index contributed by atoms with van der Waals surface area (Å²) in [6.07, 6.45) is 19.7. The summed E-state index contributed by atoms with van der Waals surface area (Å²) in [4.78, 5) is 47.7. The van der Waals surface area contributed by atoms with Crippen molar-refractivity contribution < 1.29 is 19.1 Å². The second kappa shape index (κ2) is 20.0. The topological polar surface area (TPSA) is 170 Å². The molecule has 6 aromatic rings. The van der Waals surface area contributed by atoms with Crippen LogP contribution in [0.4, 0.5) is 23.0 Å². The molecule has 0 bridgehead atoms. The van der Waals surface area contributed by atoms with E-state index in [0.717, 1.165) is 67.8 Å². The van der Waals surface area contributed by atoms with Crippen LogP contribution in [0.25, 0.3) is 22.3 Å². The molecule has 0 spiro atoms. The van der Waals surface area contributed by atoms with Crippen molar-refractivity contribution in [2.75, 3.05) is 47.9 Å². The molecule has 16 heteroatoms. The average Bonchev–Trinajstić information content (AvgIpc) is 4.27. The Bertz CT molecular complexity index is 2530. The van der Waals surface area contributed by atoms with E-state index in [1.165, 1.54) is 25.7 Å². The number of benzene rings is 2. The minimum absolute atomic E-state index is 0.0108. The number of carbonyl (C=O) groups excluding carboxylic acids is 2. The monoisotopic (exact) mass is 921 g/mol. The molecule has 16 nitrogen and oxygen atoms in total. The quantitative estimate of drug-likeness (QED) is 0.107. The number of nitrogens with zero attached hydrogens (tertiary/aromatic N) is 10. The van der Waals surface area contributed by atoms with E-state index in [4.69, 9.17) is 9.47 Å². The number of methoxy groups -OCH3 is 2. The van der Waals surface area contributed by atoms with Crippen LogP contribution in [0.15, 0.2) is 86.0 Å². The Labute approximate surface area is 398 Å². The van der Waals surface area contributed by atoms with Gasteiger partial charge in [0.05, 0.1) is 87.0 Å². The van der Waals surface area contributed by atoms with Crippen LogP contribution in [-0.4, -0.2) is 90.8 Å². The predicted octanol–water partition coefficient (Wildman–Crippen LogP) is 8.46. The molecule has 0 saturated heterocycles. The number of ether oxygens (including phenoxy) is 2. The van der Waals surface area contributed by atoms with Crippen molar-refractivity contribution in [1.82, 2.24) is 39.5 Å². The summed E-state index contributed by atoms with van der Waals surface area (Å²) >= 11 is 0. The lowest BCUT2D eigenvalue weighted by atomic mass is 9.79. The highest BCUT2D eigenvalue weighted by molar-refractivity contribution is 5.95. The van der Waals surface area contributed by atoms with Gasteiger partial charge in [0.2, 0.25) is 11.8 Å². The maximum atomic E-state index is 12.9. The number of anilines is 4. The molecule has 2 saturated carbocycles. The fourth-order valence-electron chi connectivity index (χ4n) is 10.4. The van der Waals surface area contributed by atoms with Gasteiger partial charge in [0.1, 0.15) is 11.6 Å². The number of nitrogens with one attached hydrogen (secondary N) is 2. The van der Waals surface area contributed by atoms with Crippen LogP contribution < -0.4 is 20.4 Å². The molecule has 2 N–H and O–H groups in total. The van der Waals surface area contributed by atoms with E-state index in [-0.39, 0.29) is 47.8 Å². The first-order chi connectivity index (χ1) is 32.9. The molecule has 2 aliphatic heterocycles. The Morgan fingerprint density at radius 3 is 1.34 bits per heavy atom. The van der Waals surface area contributed by atoms with Crippen molar-refractivity contribution in [2.24, 2.45) is 23.7 Å². The molecule has 2 aromatic carbocycles. The Morgan fingerprint density at radius 2 is 1.00 bits per heavy atom. The first-order valence-electron chi connectivity index (χ1n) is 23.9. The van der Waals surface area contributed by atoms with E-state index >= 15 is 0 Å². The van der Waals surface area contributed by atoms with Gasteiger partial charge in [-0.05, 0) is 97.9 Å². The van der Waals surface area contributed by atoms with Crippen LogP contribution in [0.2, 0.25) is 0 Å². The summed E-state index contributed by atoms with van der Waals surface area (Å²) < 4.78 is 14.1. The summed E-state index contributed by atoms with van der Waals surface area (Å²) in [5.41, 5.74) is 10.2. The van der Waals surface area contributed by atoms with Gasteiger partial charge in [-0.3, -0.25) is 28.9 Å². The minimum atomic E-state index is 0.0108. The van der Waals surface area contributed by atoms with Crippen LogP contribution in [-0.2, 0) is 32.2 Å². The maximum absolute atomic E-state index is 12.9. The van der Waals surface area contributed by atoms with E-state index in [9.17, 15) is 9.59 Å². The summed E-state index contributed by atoms with van der Waals surface area (Å²) in [5.74, 6) is 3.20. The third-order valence-corrected chi connectivity index (χ3v) is 14.0. The zero-order chi connectivity index (χ0) is 47.6. The second-order valence-corrected chi connectivity index (χ2v) is 19.0. The lowest BCUT2D eigenvalue weighted by molar-refractivity contribution is -0.118. The van der Waals surface area contributed by atoms with Crippen molar-refractivity contribution in [3.63, 3.8) is 0 Å². The standard InChI is InChI=1S/2C26H32N6O2/c2*1-16-12-28-24(14-27-16)30-25-17(2)26(19-5-6-19)32(18(3)33)23-8-7-20(11-22(23)25)21-13-29-31(15-21)9-10-34-4/h2*7-8,11-15,17,19,25-26H,5-6,9-10H2,1-4H3,(H,28,30)/t2*17-,25-,26-/m10/s1. The number of hydrogen-bond donors (Lipinski definition) is 2. The highest BCUT2D eigenvalue weighted by Crippen LogP contribution is 2.52. The number of aryl methyl sites for hydroxylation is 2. The van der Waals surface area contributed by atoms with Crippen LogP contribution in [0, 0.1) is 37.5 Å². The average molecular weight is 921 g/mol. The number of fused-ring (bicyclic) bond motifs is 2. The first kappa shape index (κ1) is 46.6. The van der Waals surface area contributed by atoms with Gasteiger partial charge in [-0.2, -0.15) is 10.2 Å². The molecule has 356 valence electrons. The van der Waals surface area contributed by atoms with Crippen LogP contribution >= 0.6 is 0 Å². The molecule has 68 heavy (non-hydrogen) atoms. The van der Waals surface area contributed by atoms with Gasteiger partial charge < -0.3 is 29.9 Å². The molecule has 0 unspecified atom stereocenters. The smallest absolute Gasteiger partial charge is 0.224 e. The van der Waals surface area contributed by atoms with Crippen molar-refractivity contribution in [3.05, 3.63) is 108 Å². The molecular formula is C52H64N12O4. The van der Waals surface area contributed by atoms with E-state index < -0.39 is 0 Å². The molecular weight excluding hydrogens is 857 g/mol. The van der Waals surface area contributed by atoms with Crippen LogP contribution in [0.3, 0.4) is 0 Å². The van der Waals surface area contributed by atoms with Crippen molar-refractivity contribution >= 4 is 34.8 Å². The molecule has 6 atom stereocenters. The summed E-state index contributed by atoms with van der Waals surface area (Å²) in [6, 6.07) is 13.1. The third-order valence-electron chi connectivity index (χ3n) is 14.0. The summed E-state index contributed by atoms with van der Waals surface area (Å²) in [5, 5.41) is 16.3. The Balaban J connectivity index is 0.000000170. The Kier molecular flexibility index (Phi) is 13.7. The predicted molar refractivity (Wildman–Crippen MR) is 263 cm³/mol. The van der Waals surface area contributed by atoms with Gasteiger partial charge in [-0.25, -0.2) is 9.97 Å². The molecule has 10 rings (SSSR count). The van der Waals surface area contributed by atoms with Crippen LogP contribution in [0.1, 0.15) is 88.0 Å². The SMILES string of the molecule is COCCn1cc(-c2ccc3c(c2)[C@@H](Nc2cnc(C)cn2)[C@H](C)[C@@H](C2CC2)N3C(C)=O)cn1.COCCn1cc(-c2ccc3c(c2)[C@H](Nc2cnc(C)cn2)[C@@H](C)[C@H](C2CC2)N3C(C)=O)cn1. The number of rotatable bonds is 14. The fourth-order valence-corrected chi connectivity index (χ4v) is 10.4. The molecule has 4 aromatic heterocycles. The van der Waals surface area contributed by atoms with E-state index in [1.54, 1.807) is 52.9 Å². The molecule has 2 fully saturated rings. The highest BCUT2D eigenvalue weighted by atomic mass is 16.5. The van der Waals surface area contributed by atoms with Crippen molar-refractivity contribution in [1.29, 1.82) is 0 Å². The number of hydrogen-bond acceptors (Lipinski definition) is 12. The second-order valence-electron chi connectivity index (χ2n) is 19.0. The summed E-state index contributed by atoms with van der Waals surface area (Å²) in [7, 11) is 3.38. The molecule has 4 aliphatic rings. The highest BCUT2D eigenvalue weighted by Gasteiger charge is 2.49. The largest absolute Gasteiger partial charge is 0.383 e. The van der Waals surface area contributed by atoms with E-state index in [1.807, 2.05) is 57.8 Å². The van der Waals surface area contributed by atoms with Gasteiger partial charge >= 0.3 is 0 Å². The lowest BCUT2D eigenvalue weighted by Crippen LogP contribution is -2.51. The number of amides is 2. The van der Waals surface area contributed by atoms with Crippen molar-refractivity contribution in [3.8, 4) is 22.3 Å². The molecule has 6 heterocycles. The fraction of sp³-hybridized carbons (Fsp3) is 0.462. The Morgan fingerprint density at radius 1 is 0.588 bits per heavy atom. The molecule has 2 amide bonds. The Hall–Kier alpha value is -6.52. The van der Waals surface area contributed by atoms with Gasteiger partial charge in [0, 0.05) is 86.9 Å². The van der Waals surface area contributed by atoms with Gasteiger partial charge in [0.15, 0.2) is 0 Å².